The minimum Gasteiger partial charge on any atom is -0.256 e. The number of hydrogen-bond donors (Lipinski definition) is 2. The van der Waals surface area contributed by atoms with Crippen LogP contribution in [-0.2, 0) is 5.54 Å². The molecule has 0 saturated heterocycles. The maximum absolute atomic E-state index is 13.5. The average Bonchev–Trinajstić information content (AvgIpc) is 2.18. The molecule has 0 aromatic heterocycles. The second-order valence-electron chi connectivity index (χ2n) is 3.67. The molecule has 78 valence electrons. The van der Waals surface area contributed by atoms with Gasteiger partial charge in [-0.2, -0.15) is 0 Å². The first-order chi connectivity index (χ1) is 6.64. The first-order valence-corrected chi connectivity index (χ1v) is 5.25. The highest BCUT2D eigenvalue weighted by Gasteiger charge is 2.26. The fraction of sp³-hybridized carbons (Fsp3) is 0.455. The zero-order valence-corrected chi connectivity index (χ0v) is 9.44. The molecule has 1 aromatic carbocycles. The molecule has 0 saturated carbocycles. The van der Waals surface area contributed by atoms with E-state index in [-0.39, 0.29) is 11.4 Å². The fourth-order valence-electron chi connectivity index (χ4n) is 1.66. The van der Waals surface area contributed by atoms with E-state index in [2.05, 4.69) is 24.5 Å². The van der Waals surface area contributed by atoms with Gasteiger partial charge in [0.1, 0.15) is 5.82 Å². The fourth-order valence-corrected chi connectivity index (χ4v) is 1.89. The first kappa shape index (κ1) is 11.5. The van der Waals surface area contributed by atoms with Gasteiger partial charge in [0.05, 0.1) is 5.54 Å². The van der Waals surface area contributed by atoms with Crippen molar-refractivity contribution in [3.63, 3.8) is 0 Å². The largest absolute Gasteiger partial charge is 0.256 e. The zero-order valence-electron chi connectivity index (χ0n) is 8.55. The molecule has 0 aliphatic heterocycles. The summed E-state index contributed by atoms with van der Waals surface area (Å²) in [7, 11) is 0. The van der Waals surface area contributed by atoms with E-state index >= 15 is 0 Å². The van der Waals surface area contributed by atoms with Crippen LogP contribution in [0.1, 0.15) is 32.3 Å². The van der Waals surface area contributed by atoms with Crippen LogP contribution in [0.2, 0.25) is 0 Å². The van der Waals surface area contributed by atoms with Crippen molar-refractivity contribution in [2.24, 2.45) is 0 Å². The molecule has 0 aliphatic carbocycles. The van der Waals surface area contributed by atoms with Gasteiger partial charge in [-0.05, 0) is 19.4 Å². The summed E-state index contributed by atoms with van der Waals surface area (Å²) in [6.07, 6.45) is 1.84. The molecule has 0 bridgehead atoms. The molecule has 3 heteroatoms. The molecule has 0 radical (unpaired) electrons. The normalized spacial score (nSPS) is 15.1. The summed E-state index contributed by atoms with van der Waals surface area (Å²) in [5, 5.41) is 0. The van der Waals surface area contributed by atoms with Crippen LogP contribution in [0, 0.1) is 5.82 Å². The van der Waals surface area contributed by atoms with Crippen molar-refractivity contribution in [3.05, 3.63) is 35.6 Å². The lowest BCUT2D eigenvalue weighted by molar-refractivity contribution is 0.395. The van der Waals surface area contributed by atoms with Crippen LogP contribution in [0.3, 0.4) is 0 Å². The Balaban J connectivity index is 3.05. The SMILES string of the molecule is CCC[C@](C)(NS)c1ccccc1F. The number of hydrogen-bond acceptors (Lipinski definition) is 2. The van der Waals surface area contributed by atoms with E-state index in [1.54, 1.807) is 12.1 Å². The third-order valence-corrected chi connectivity index (χ3v) is 2.96. The van der Waals surface area contributed by atoms with Gasteiger partial charge in [0, 0.05) is 5.56 Å². The minimum atomic E-state index is -0.386. The standard InChI is InChI=1S/C11H16FNS/c1-3-8-11(2,13-14)9-6-4-5-7-10(9)12/h4-7,13-14H,3,8H2,1-2H3/t11-/m0/s1. The van der Waals surface area contributed by atoms with Crippen LogP contribution in [0.5, 0.6) is 0 Å². The van der Waals surface area contributed by atoms with Gasteiger partial charge < -0.3 is 0 Å². The third-order valence-electron chi connectivity index (χ3n) is 2.47. The van der Waals surface area contributed by atoms with Gasteiger partial charge in [0.25, 0.3) is 0 Å². The smallest absolute Gasteiger partial charge is 0.128 e. The summed E-state index contributed by atoms with van der Waals surface area (Å²) in [4.78, 5) is 0. The quantitative estimate of drug-likeness (QED) is 0.731. The highest BCUT2D eigenvalue weighted by Crippen LogP contribution is 2.28. The molecule has 0 heterocycles. The van der Waals surface area contributed by atoms with Gasteiger partial charge in [-0.25, -0.2) is 4.39 Å². The second kappa shape index (κ2) is 4.80. The molecule has 1 N–H and O–H groups in total. The molecule has 0 unspecified atom stereocenters. The molecule has 0 aliphatic rings. The van der Waals surface area contributed by atoms with Crippen LogP contribution in [0.15, 0.2) is 24.3 Å². The van der Waals surface area contributed by atoms with E-state index < -0.39 is 0 Å². The molecule has 1 aromatic rings. The van der Waals surface area contributed by atoms with Gasteiger partial charge in [0.15, 0.2) is 0 Å². The van der Waals surface area contributed by atoms with Crippen molar-refractivity contribution in [1.29, 1.82) is 0 Å². The molecular weight excluding hydrogens is 197 g/mol. The van der Waals surface area contributed by atoms with Gasteiger partial charge in [0.2, 0.25) is 0 Å². The van der Waals surface area contributed by atoms with E-state index in [1.807, 2.05) is 13.0 Å². The Morgan fingerprint density at radius 2 is 2.07 bits per heavy atom. The Bertz CT molecular complexity index is 303. The number of nitrogens with one attached hydrogen (secondary N) is 1. The van der Waals surface area contributed by atoms with E-state index in [0.29, 0.717) is 5.56 Å². The number of thiol groups is 1. The van der Waals surface area contributed by atoms with Crippen molar-refractivity contribution < 1.29 is 4.39 Å². The number of benzene rings is 1. The lowest BCUT2D eigenvalue weighted by atomic mass is 9.88. The summed E-state index contributed by atoms with van der Waals surface area (Å²) in [5.74, 6) is -0.176. The number of rotatable bonds is 4. The Morgan fingerprint density at radius 1 is 1.43 bits per heavy atom. The van der Waals surface area contributed by atoms with Crippen LogP contribution in [0.25, 0.3) is 0 Å². The second-order valence-corrected chi connectivity index (χ2v) is 3.90. The van der Waals surface area contributed by atoms with E-state index in [9.17, 15) is 4.39 Å². The molecule has 0 fully saturated rings. The first-order valence-electron chi connectivity index (χ1n) is 4.80. The lowest BCUT2D eigenvalue weighted by Crippen LogP contribution is -2.34. The Hall–Kier alpha value is -0.540. The summed E-state index contributed by atoms with van der Waals surface area (Å²) < 4.78 is 16.4. The molecule has 1 atom stereocenters. The summed E-state index contributed by atoms with van der Waals surface area (Å²) in [5.41, 5.74) is 0.292. The molecule has 0 spiro atoms. The minimum absolute atomic E-state index is 0.176. The summed E-state index contributed by atoms with van der Waals surface area (Å²) >= 11 is 4.08. The van der Waals surface area contributed by atoms with Crippen molar-refractivity contribution in [3.8, 4) is 0 Å². The van der Waals surface area contributed by atoms with E-state index in [0.717, 1.165) is 12.8 Å². The van der Waals surface area contributed by atoms with Crippen LogP contribution >= 0.6 is 12.8 Å². The van der Waals surface area contributed by atoms with E-state index in [1.165, 1.54) is 6.07 Å². The molecule has 0 amide bonds. The summed E-state index contributed by atoms with van der Waals surface area (Å²) in [6, 6.07) is 6.82. The monoisotopic (exact) mass is 213 g/mol. The van der Waals surface area contributed by atoms with Crippen LogP contribution in [0.4, 0.5) is 4.39 Å². The Labute approximate surface area is 90.3 Å². The summed E-state index contributed by atoms with van der Waals surface area (Å²) in [6.45, 7) is 4.03. The maximum atomic E-state index is 13.5. The third kappa shape index (κ3) is 2.28. The predicted octanol–water partition coefficient (Wildman–Crippen LogP) is 3.28. The Kier molecular flexibility index (Phi) is 3.96. The topological polar surface area (TPSA) is 12.0 Å². The maximum Gasteiger partial charge on any atom is 0.128 e. The van der Waals surface area contributed by atoms with Crippen molar-refractivity contribution in [2.45, 2.75) is 32.2 Å². The van der Waals surface area contributed by atoms with Crippen LogP contribution in [-0.4, -0.2) is 0 Å². The van der Waals surface area contributed by atoms with Crippen molar-refractivity contribution in [2.75, 3.05) is 0 Å². The molecule has 14 heavy (non-hydrogen) atoms. The van der Waals surface area contributed by atoms with Gasteiger partial charge in [-0.3, -0.25) is 4.72 Å². The van der Waals surface area contributed by atoms with Gasteiger partial charge in [-0.1, -0.05) is 44.4 Å². The van der Waals surface area contributed by atoms with Gasteiger partial charge >= 0.3 is 0 Å². The van der Waals surface area contributed by atoms with Crippen molar-refractivity contribution in [1.82, 2.24) is 4.72 Å². The molecular formula is C11H16FNS. The average molecular weight is 213 g/mol. The van der Waals surface area contributed by atoms with Crippen molar-refractivity contribution >= 4 is 12.8 Å². The zero-order chi connectivity index (χ0) is 10.6. The molecule has 1 nitrogen and oxygen atoms in total. The highest BCUT2D eigenvalue weighted by atomic mass is 32.1. The predicted molar refractivity (Wildman–Crippen MR) is 60.8 cm³/mol. The van der Waals surface area contributed by atoms with Crippen LogP contribution < -0.4 is 4.72 Å². The molecule has 1 rings (SSSR count). The lowest BCUT2D eigenvalue weighted by Gasteiger charge is -2.29. The van der Waals surface area contributed by atoms with Gasteiger partial charge in [-0.15, -0.1) is 0 Å². The number of halogens is 1. The van der Waals surface area contributed by atoms with E-state index in [4.69, 9.17) is 0 Å². The Morgan fingerprint density at radius 3 is 2.57 bits per heavy atom. The highest BCUT2D eigenvalue weighted by molar-refractivity contribution is 7.78.